The van der Waals surface area contributed by atoms with Crippen LogP contribution in [0.1, 0.15) is 38.5 Å². The molecule has 0 radical (unpaired) electrons. The number of nitrogens with one attached hydrogen (secondary N) is 1. The molecule has 86 valence electrons. The molecule has 0 spiro atoms. The molecule has 1 heterocycles. The first-order valence-corrected chi connectivity index (χ1v) is 5.78. The quantitative estimate of drug-likeness (QED) is 0.718. The van der Waals surface area contributed by atoms with E-state index in [-0.39, 0.29) is 24.2 Å². The Labute approximate surface area is 90.0 Å². The number of aliphatic hydroxyl groups is 1. The van der Waals surface area contributed by atoms with Gasteiger partial charge in [-0.3, -0.25) is 4.79 Å². The fourth-order valence-electron chi connectivity index (χ4n) is 2.29. The summed E-state index contributed by atoms with van der Waals surface area (Å²) in [7, 11) is 0. The van der Waals surface area contributed by atoms with Crippen LogP contribution in [0.5, 0.6) is 0 Å². The van der Waals surface area contributed by atoms with E-state index >= 15 is 0 Å². The van der Waals surface area contributed by atoms with Gasteiger partial charge in [0.2, 0.25) is 5.91 Å². The highest BCUT2D eigenvalue weighted by molar-refractivity contribution is 5.77. The van der Waals surface area contributed by atoms with E-state index in [0.29, 0.717) is 6.42 Å². The number of hydrogen-bond donors (Lipinski definition) is 2. The van der Waals surface area contributed by atoms with Gasteiger partial charge in [-0.15, -0.1) is 0 Å². The molecule has 0 aromatic heterocycles. The van der Waals surface area contributed by atoms with Crippen molar-refractivity contribution >= 4 is 5.91 Å². The third kappa shape index (κ3) is 2.49. The third-order valence-electron chi connectivity index (χ3n) is 3.45. The maximum Gasteiger partial charge on any atom is 0.223 e. The number of rotatable bonds is 4. The number of hydrogen-bond acceptors (Lipinski definition) is 3. The lowest BCUT2D eigenvalue weighted by Crippen LogP contribution is -2.56. The first-order valence-electron chi connectivity index (χ1n) is 5.78. The van der Waals surface area contributed by atoms with Crippen LogP contribution in [0, 0.1) is 0 Å². The fourth-order valence-corrected chi connectivity index (χ4v) is 2.29. The summed E-state index contributed by atoms with van der Waals surface area (Å²) >= 11 is 0. The fraction of sp³-hybridized carbons (Fsp3) is 0.909. The minimum atomic E-state index is -0.310. The Morgan fingerprint density at radius 2 is 2.27 bits per heavy atom. The molecule has 2 N–H and O–H groups in total. The van der Waals surface area contributed by atoms with Crippen molar-refractivity contribution in [3.05, 3.63) is 0 Å². The van der Waals surface area contributed by atoms with Crippen LogP contribution in [-0.4, -0.2) is 35.9 Å². The molecule has 2 rings (SSSR count). The first kappa shape index (κ1) is 10.9. The molecule has 0 aromatic carbocycles. The van der Waals surface area contributed by atoms with E-state index in [1.165, 1.54) is 0 Å². The van der Waals surface area contributed by atoms with Gasteiger partial charge in [-0.1, -0.05) is 0 Å². The number of carbonyl (C=O) groups is 1. The van der Waals surface area contributed by atoms with Crippen molar-refractivity contribution in [2.45, 2.75) is 50.2 Å². The van der Waals surface area contributed by atoms with Gasteiger partial charge in [-0.2, -0.15) is 0 Å². The van der Waals surface area contributed by atoms with Crippen molar-refractivity contribution in [1.82, 2.24) is 5.32 Å². The lowest BCUT2D eigenvalue weighted by Gasteiger charge is -2.41. The molecule has 4 heteroatoms. The van der Waals surface area contributed by atoms with Crippen LogP contribution in [0.25, 0.3) is 0 Å². The maximum absolute atomic E-state index is 11.7. The Hall–Kier alpha value is -0.610. The summed E-state index contributed by atoms with van der Waals surface area (Å²) in [5.74, 6) is 0.0238. The maximum atomic E-state index is 11.7. The molecule has 1 atom stereocenters. The number of amides is 1. The van der Waals surface area contributed by atoms with Gasteiger partial charge in [-0.05, 0) is 32.1 Å². The molecule has 1 amide bonds. The molecule has 1 unspecified atom stereocenters. The van der Waals surface area contributed by atoms with Crippen molar-refractivity contribution in [2.24, 2.45) is 0 Å². The molecule has 1 aliphatic carbocycles. The average Bonchev–Trinajstić information content (AvgIpc) is 2.64. The van der Waals surface area contributed by atoms with E-state index in [1.54, 1.807) is 0 Å². The zero-order valence-corrected chi connectivity index (χ0v) is 9.00. The summed E-state index contributed by atoms with van der Waals surface area (Å²) < 4.78 is 5.40. The van der Waals surface area contributed by atoms with E-state index < -0.39 is 0 Å². The largest absolute Gasteiger partial charge is 0.394 e. The Morgan fingerprint density at radius 1 is 1.47 bits per heavy atom. The van der Waals surface area contributed by atoms with Gasteiger partial charge in [0.05, 0.1) is 24.7 Å². The van der Waals surface area contributed by atoms with Crippen molar-refractivity contribution < 1.29 is 14.6 Å². The highest BCUT2D eigenvalue weighted by Crippen LogP contribution is 2.31. The minimum absolute atomic E-state index is 0.0238. The van der Waals surface area contributed by atoms with Crippen LogP contribution >= 0.6 is 0 Å². The summed E-state index contributed by atoms with van der Waals surface area (Å²) in [6.45, 7) is 0.841. The molecular formula is C11H19NO3. The van der Waals surface area contributed by atoms with Gasteiger partial charge in [0.15, 0.2) is 0 Å². The number of ether oxygens (including phenoxy) is 1. The van der Waals surface area contributed by atoms with Gasteiger partial charge in [0.1, 0.15) is 0 Å². The predicted molar refractivity (Wildman–Crippen MR) is 55.4 cm³/mol. The molecule has 1 aliphatic heterocycles. The summed E-state index contributed by atoms with van der Waals surface area (Å²) in [6.07, 6.45) is 5.49. The van der Waals surface area contributed by atoms with E-state index in [9.17, 15) is 9.90 Å². The van der Waals surface area contributed by atoms with Crippen molar-refractivity contribution in [3.63, 3.8) is 0 Å². The van der Waals surface area contributed by atoms with E-state index in [2.05, 4.69) is 5.32 Å². The Kier molecular flexibility index (Phi) is 3.26. The lowest BCUT2D eigenvalue weighted by molar-refractivity contribution is -0.127. The summed E-state index contributed by atoms with van der Waals surface area (Å²) in [6, 6.07) is 0. The molecule has 15 heavy (non-hydrogen) atoms. The lowest BCUT2D eigenvalue weighted by atomic mass is 9.77. The van der Waals surface area contributed by atoms with Gasteiger partial charge < -0.3 is 15.2 Å². The van der Waals surface area contributed by atoms with Gasteiger partial charge in [0, 0.05) is 6.61 Å². The molecule has 1 saturated carbocycles. The van der Waals surface area contributed by atoms with Gasteiger partial charge >= 0.3 is 0 Å². The van der Waals surface area contributed by atoms with Crippen LogP contribution in [-0.2, 0) is 9.53 Å². The average molecular weight is 213 g/mol. The molecule has 0 aromatic rings. The summed E-state index contributed by atoms with van der Waals surface area (Å²) in [4.78, 5) is 11.7. The Balaban J connectivity index is 1.76. The summed E-state index contributed by atoms with van der Waals surface area (Å²) in [5.41, 5.74) is -0.310. The van der Waals surface area contributed by atoms with Crippen LogP contribution in [0.2, 0.25) is 0 Å². The molecule has 2 aliphatic rings. The number of carbonyl (C=O) groups excluding carboxylic acids is 1. The van der Waals surface area contributed by atoms with E-state index in [4.69, 9.17) is 4.74 Å². The Bertz CT molecular complexity index is 226. The standard InChI is InChI=1S/C11H19NO3/c13-8-11(4-2-5-11)12-10(14)7-9-3-1-6-15-9/h9,13H,1-8H2,(H,12,14). The predicted octanol–water partition coefficient (Wildman–Crippen LogP) is 0.587. The van der Waals surface area contributed by atoms with E-state index in [1.807, 2.05) is 0 Å². The molecule has 4 nitrogen and oxygen atoms in total. The van der Waals surface area contributed by atoms with Crippen molar-refractivity contribution in [3.8, 4) is 0 Å². The van der Waals surface area contributed by atoms with E-state index in [0.717, 1.165) is 38.7 Å². The SMILES string of the molecule is O=C(CC1CCCO1)NC1(CO)CCC1. The second kappa shape index (κ2) is 4.49. The van der Waals surface area contributed by atoms with Gasteiger partial charge in [0.25, 0.3) is 0 Å². The van der Waals surface area contributed by atoms with Crippen LogP contribution < -0.4 is 5.32 Å². The Morgan fingerprint density at radius 3 is 2.73 bits per heavy atom. The number of aliphatic hydroxyl groups excluding tert-OH is 1. The van der Waals surface area contributed by atoms with Crippen LogP contribution in [0.15, 0.2) is 0 Å². The van der Waals surface area contributed by atoms with Crippen molar-refractivity contribution in [2.75, 3.05) is 13.2 Å². The highest BCUT2D eigenvalue weighted by Gasteiger charge is 2.38. The molecule has 2 fully saturated rings. The summed E-state index contributed by atoms with van der Waals surface area (Å²) in [5, 5.41) is 12.1. The van der Waals surface area contributed by atoms with Crippen LogP contribution in [0.3, 0.4) is 0 Å². The smallest absolute Gasteiger partial charge is 0.223 e. The molecule has 1 saturated heterocycles. The normalized spacial score (nSPS) is 28.5. The minimum Gasteiger partial charge on any atom is -0.394 e. The zero-order chi connectivity index (χ0) is 10.7. The first-order chi connectivity index (χ1) is 7.24. The van der Waals surface area contributed by atoms with Crippen molar-refractivity contribution in [1.29, 1.82) is 0 Å². The topological polar surface area (TPSA) is 58.6 Å². The van der Waals surface area contributed by atoms with Crippen LogP contribution in [0.4, 0.5) is 0 Å². The second-order valence-electron chi connectivity index (χ2n) is 4.68. The molecule has 0 bridgehead atoms. The third-order valence-corrected chi connectivity index (χ3v) is 3.45. The molecular weight excluding hydrogens is 194 g/mol. The highest BCUT2D eigenvalue weighted by atomic mass is 16.5. The second-order valence-corrected chi connectivity index (χ2v) is 4.68. The van der Waals surface area contributed by atoms with Gasteiger partial charge in [-0.25, -0.2) is 0 Å². The zero-order valence-electron chi connectivity index (χ0n) is 9.00. The monoisotopic (exact) mass is 213 g/mol.